The number of hydrogen-bond acceptors (Lipinski definition) is 4. The van der Waals surface area contributed by atoms with Gasteiger partial charge >= 0.3 is 5.97 Å². The van der Waals surface area contributed by atoms with Gasteiger partial charge in [-0.15, -0.1) is 12.4 Å². The zero-order chi connectivity index (χ0) is 20.9. The second kappa shape index (κ2) is 10.5. The van der Waals surface area contributed by atoms with E-state index in [-0.39, 0.29) is 37.4 Å². The molecule has 2 aromatic carbocycles. The number of aliphatic hydroxyl groups excluding tert-OH is 1. The summed E-state index contributed by atoms with van der Waals surface area (Å²) in [6.45, 7) is 3.79. The summed E-state index contributed by atoms with van der Waals surface area (Å²) in [7, 11) is 1.58. The summed E-state index contributed by atoms with van der Waals surface area (Å²) in [5, 5.41) is 22.3. The highest BCUT2D eigenvalue weighted by atomic mass is 35.5. The first-order valence-electron chi connectivity index (χ1n) is 8.91. The first-order chi connectivity index (χ1) is 13.1. The molecule has 0 aliphatic rings. The van der Waals surface area contributed by atoms with Gasteiger partial charge in [0.1, 0.15) is 5.75 Å². The van der Waals surface area contributed by atoms with Gasteiger partial charge in [0.2, 0.25) is 0 Å². The highest BCUT2D eigenvalue weighted by Crippen LogP contribution is 2.26. The first kappa shape index (κ1) is 24.8. The molecule has 0 bridgehead atoms. The number of aliphatic carboxylic acids is 1. The van der Waals surface area contributed by atoms with Gasteiger partial charge in [-0.05, 0) is 55.7 Å². The zero-order valence-electron chi connectivity index (χ0n) is 16.5. The second-order valence-electron chi connectivity index (χ2n) is 7.12. The summed E-state index contributed by atoms with van der Waals surface area (Å²) in [6.07, 6.45) is -1.45. The number of hydrogen-bond donors (Lipinski definition) is 3. The van der Waals surface area contributed by atoms with E-state index in [9.17, 15) is 18.7 Å². The van der Waals surface area contributed by atoms with Crippen molar-refractivity contribution in [2.75, 3.05) is 13.7 Å². The van der Waals surface area contributed by atoms with Gasteiger partial charge in [0, 0.05) is 24.1 Å². The van der Waals surface area contributed by atoms with Crippen molar-refractivity contribution in [1.29, 1.82) is 0 Å². The van der Waals surface area contributed by atoms with Crippen LogP contribution in [0.2, 0.25) is 0 Å². The largest absolute Gasteiger partial charge is 0.497 e. The fourth-order valence-electron chi connectivity index (χ4n) is 2.88. The number of carboxylic acid groups (broad SMARTS) is 1. The number of rotatable bonds is 9. The van der Waals surface area contributed by atoms with Crippen LogP contribution >= 0.6 is 12.4 Å². The maximum Gasteiger partial charge on any atom is 0.303 e. The van der Waals surface area contributed by atoms with E-state index in [4.69, 9.17) is 9.84 Å². The minimum Gasteiger partial charge on any atom is -0.497 e. The number of ether oxygens (including phenoxy) is 1. The standard InChI is InChI=1S/C21H25F2NO4.ClH/c1-21(2,14-5-7-15(28-3)8-6-14)24-12-18(25)16-10-13(4-9-19(26)27)11-17(22)20(16)23;/h5-8,10-11,18,24-25H,4,9,12H2,1-3H3,(H,26,27);1H/t18-;/m1./s1. The Bertz CT molecular complexity index is 828. The van der Waals surface area contributed by atoms with Crippen LogP contribution in [0.3, 0.4) is 0 Å². The maximum atomic E-state index is 14.2. The van der Waals surface area contributed by atoms with Crippen LogP contribution in [0.25, 0.3) is 0 Å². The number of carboxylic acids is 1. The van der Waals surface area contributed by atoms with Crippen molar-refractivity contribution in [1.82, 2.24) is 5.32 Å². The lowest BCUT2D eigenvalue weighted by molar-refractivity contribution is -0.136. The van der Waals surface area contributed by atoms with E-state index in [1.54, 1.807) is 7.11 Å². The molecule has 0 heterocycles. The molecule has 0 saturated carbocycles. The number of benzene rings is 2. The summed E-state index contributed by atoms with van der Waals surface area (Å²) >= 11 is 0. The quantitative estimate of drug-likeness (QED) is 0.562. The molecular weight excluding hydrogens is 404 g/mol. The Labute approximate surface area is 175 Å². The Morgan fingerprint density at radius 1 is 1.21 bits per heavy atom. The topological polar surface area (TPSA) is 78.8 Å². The lowest BCUT2D eigenvalue weighted by atomic mass is 9.93. The predicted molar refractivity (Wildman–Crippen MR) is 109 cm³/mol. The SMILES string of the molecule is COc1ccc(C(C)(C)NC[C@@H](O)c2cc(CCC(=O)O)cc(F)c2F)cc1.Cl. The molecule has 0 saturated heterocycles. The Balaban J connectivity index is 0.00000420. The maximum absolute atomic E-state index is 14.2. The molecule has 0 amide bonds. The molecule has 0 aromatic heterocycles. The lowest BCUT2D eigenvalue weighted by Crippen LogP contribution is -2.39. The fraction of sp³-hybridized carbons (Fsp3) is 0.381. The Morgan fingerprint density at radius 3 is 2.38 bits per heavy atom. The summed E-state index contributed by atoms with van der Waals surface area (Å²) in [5.74, 6) is -2.55. The van der Waals surface area contributed by atoms with Crippen LogP contribution in [0, 0.1) is 11.6 Å². The smallest absolute Gasteiger partial charge is 0.303 e. The molecule has 0 aliphatic heterocycles. The molecule has 3 N–H and O–H groups in total. The zero-order valence-corrected chi connectivity index (χ0v) is 17.4. The van der Waals surface area contributed by atoms with Crippen LogP contribution in [-0.2, 0) is 16.8 Å². The van der Waals surface area contributed by atoms with E-state index in [1.807, 2.05) is 38.1 Å². The third-order valence-electron chi connectivity index (χ3n) is 4.65. The van der Waals surface area contributed by atoms with Crippen molar-refractivity contribution in [3.63, 3.8) is 0 Å². The average Bonchev–Trinajstić information content (AvgIpc) is 2.67. The highest BCUT2D eigenvalue weighted by molar-refractivity contribution is 5.85. The third-order valence-corrected chi connectivity index (χ3v) is 4.65. The van der Waals surface area contributed by atoms with E-state index in [2.05, 4.69) is 5.32 Å². The normalized spacial score (nSPS) is 12.2. The van der Waals surface area contributed by atoms with Crippen LogP contribution in [0.15, 0.2) is 36.4 Å². The first-order valence-corrected chi connectivity index (χ1v) is 8.91. The monoisotopic (exact) mass is 429 g/mol. The molecule has 5 nitrogen and oxygen atoms in total. The number of carbonyl (C=O) groups is 1. The Morgan fingerprint density at radius 2 is 1.83 bits per heavy atom. The number of nitrogens with one attached hydrogen (secondary N) is 1. The number of methoxy groups -OCH3 is 1. The average molecular weight is 430 g/mol. The molecule has 1 atom stereocenters. The molecule has 0 unspecified atom stereocenters. The molecule has 0 aliphatic carbocycles. The van der Waals surface area contributed by atoms with Gasteiger partial charge in [0.05, 0.1) is 13.2 Å². The molecule has 8 heteroatoms. The van der Waals surface area contributed by atoms with Crippen molar-refractivity contribution in [3.05, 3.63) is 64.7 Å². The van der Waals surface area contributed by atoms with E-state index < -0.39 is 29.2 Å². The molecule has 2 aromatic rings. The highest BCUT2D eigenvalue weighted by Gasteiger charge is 2.24. The summed E-state index contributed by atoms with van der Waals surface area (Å²) in [6, 6.07) is 9.67. The summed E-state index contributed by atoms with van der Waals surface area (Å²) in [4.78, 5) is 10.7. The van der Waals surface area contributed by atoms with Crippen molar-refractivity contribution in [2.45, 2.75) is 38.3 Å². The van der Waals surface area contributed by atoms with Crippen molar-refractivity contribution in [2.24, 2.45) is 0 Å². The fourth-order valence-corrected chi connectivity index (χ4v) is 2.88. The Kier molecular flexibility index (Phi) is 9.01. The molecular formula is C21H26ClF2NO4. The van der Waals surface area contributed by atoms with E-state index in [1.165, 1.54) is 6.07 Å². The number of aryl methyl sites for hydroxylation is 1. The molecule has 0 radical (unpaired) electrons. The van der Waals surface area contributed by atoms with Gasteiger partial charge in [-0.2, -0.15) is 0 Å². The van der Waals surface area contributed by atoms with E-state index in [0.29, 0.717) is 5.56 Å². The minimum absolute atomic E-state index is 0. The van der Waals surface area contributed by atoms with Gasteiger partial charge in [-0.1, -0.05) is 12.1 Å². The van der Waals surface area contributed by atoms with E-state index >= 15 is 0 Å². The van der Waals surface area contributed by atoms with Crippen LogP contribution < -0.4 is 10.1 Å². The van der Waals surface area contributed by atoms with Gasteiger partial charge in [-0.3, -0.25) is 4.79 Å². The third kappa shape index (κ3) is 6.66. The number of halogens is 3. The molecule has 2 rings (SSSR count). The van der Waals surface area contributed by atoms with Gasteiger partial charge in [0.25, 0.3) is 0 Å². The van der Waals surface area contributed by atoms with Crippen LogP contribution in [0.1, 0.15) is 43.1 Å². The van der Waals surface area contributed by atoms with E-state index in [0.717, 1.165) is 17.4 Å². The molecule has 29 heavy (non-hydrogen) atoms. The predicted octanol–water partition coefficient (Wildman–Crippen LogP) is 3.97. The molecule has 160 valence electrons. The summed E-state index contributed by atoms with van der Waals surface area (Å²) in [5.41, 5.74) is 0.522. The summed E-state index contributed by atoms with van der Waals surface area (Å²) < 4.78 is 33.2. The molecule has 0 spiro atoms. The van der Waals surface area contributed by atoms with Gasteiger partial charge < -0.3 is 20.3 Å². The van der Waals surface area contributed by atoms with Crippen LogP contribution in [0.4, 0.5) is 8.78 Å². The van der Waals surface area contributed by atoms with Crippen molar-refractivity contribution < 1.29 is 28.5 Å². The van der Waals surface area contributed by atoms with Crippen molar-refractivity contribution >= 4 is 18.4 Å². The second-order valence-corrected chi connectivity index (χ2v) is 7.12. The minimum atomic E-state index is -1.29. The number of aliphatic hydroxyl groups is 1. The van der Waals surface area contributed by atoms with Crippen LogP contribution in [0.5, 0.6) is 5.75 Å². The van der Waals surface area contributed by atoms with Gasteiger partial charge in [-0.25, -0.2) is 8.78 Å². The van der Waals surface area contributed by atoms with Crippen molar-refractivity contribution in [3.8, 4) is 5.75 Å². The van der Waals surface area contributed by atoms with Gasteiger partial charge in [0.15, 0.2) is 11.6 Å². The lowest BCUT2D eigenvalue weighted by Gasteiger charge is -2.29. The van der Waals surface area contributed by atoms with Crippen LogP contribution in [-0.4, -0.2) is 29.8 Å². The molecule has 0 fully saturated rings. The Hall–Kier alpha value is -2.22.